The van der Waals surface area contributed by atoms with Crippen molar-refractivity contribution in [1.82, 2.24) is 15.5 Å². The van der Waals surface area contributed by atoms with Gasteiger partial charge in [-0.15, -0.1) is 0 Å². The van der Waals surface area contributed by atoms with Gasteiger partial charge in [0.05, 0.1) is 12.0 Å². The number of carbonyl (C=O) groups excluding carboxylic acids is 1. The van der Waals surface area contributed by atoms with Crippen molar-refractivity contribution in [3.63, 3.8) is 0 Å². The van der Waals surface area contributed by atoms with Gasteiger partial charge in [-0.25, -0.2) is 0 Å². The number of nitrogens with one attached hydrogen (secondary N) is 1. The minimum atomic E-state index is -0.410. The lowest BCUT2D eigenvalue weighted by Gasteiger charge is -2.21. The fourth-order valence-corrected chi connectivity index (χ4v) is 2.78. The van der Waals surface area contributed by atoms with Gasteiger partial charge in [-0.3, -0.25) is 4.79 Å². The van der Waals surface area contributed by atoms with Crippen molar-refractivity contribution in [1.29, 1.82) is 0 Å². The van der Waals surface area contributed by atoms with Crippen LogP contribution in [0.15, 0.2) is 59.1 Å². The molecule has 3 aromatic rings. The highest BCUT2D eigenvalue weighted by atomic mass is 35.5. The van der Waals surface area contributed by atoms with E-state index in [2.05, 4.69) is 15.5 Å². The minimum absolute atomic E-state index is 0.170. The second kappa shape index (κ2) is 8.33. The molecule has 140 valence electrons. The Morgan fingerprint density at radius 2 is 1.78 bits per heavy atom. The molecule has 0 aliphatic heterocycles. The lowest BCUT2D eigenvalue weighted by Crippen LogP contribution is -2.37. The van der Waals surface area contributed by atoms with Crippen LogP contribution in [0, 0.1) is 5.92 Å². The maximum atomic E-state index is 12.6. The van der Waals surface area contributed by atoms with E-state index in [4.69, 9.17) is 21.9 Å². The largest absolute Gasteiger partial charge is 0.346 e. The van der Waals surface area contributed by atoms with Crippen molar-refractivity contribution in [2.24, 2.45) is 11.7 Å². The van der Waals surface area contributed by atoms with Gasteiger partial charge in [0.1, 0.15) is 0 Å². The molecular formula is C20H21ClN4O2. The lowest BCUT2D eigenvalue weighted by molar-refractivity contribution is -0.125. The Morgan fingerprint density at radius 3 is 2.44 bits per heavy atom. The summed E-state index contributed by atoms with van der Waals surface area (Å²) in [6.45, 7) is 3.60. The number of aromatic nitrogens is 2. The van der Waals surface area contributed by atoms with Crippen LogP contribution in [0.3, 0.4) is 0 Å². The maximum Gasteiger partial charge on any atom is 0.257 e. The van der Waals surface area contributed by atoms with Gasteiger partial charge in [-0.2, -0.15) is 4.98 Å². The Hall–Kier alpha value is -2.70. The first-order valence-electron chi connectivity index (χ1n) is 8.66. The molecule has 0 radical (unpaired) electrons. The van der Waals surface area contributed by atoms with E-state index in [9.17, 15) is 4.79 Å². The van der Waals surface area contributed by atoms with Crippen molar-refractivity contribution in [3.8, 4) is 11.5 Å². The first kappa shape index (κ1) is 19.1. The Balaban J connectivity index is 1.65. The highest BCUT2D eigenvalue weighted by Crippen LogP contribution is 2.23. The summed E-state index contributed by atoms with van der Waals surface area (Å²) in [7, 11) is 0. The molecule has 27 heavy (non-hydrogen) atoms. The fourth-order valence-electron chi connectivity index (χ4n) is 2.66. The van der Waals surface area contributed by atoms with Gasteiger partial charge in [0.2, 0.25) is 5.91 Å². The third-order valence-corrected chi connectivity index (χ3v) is 4.67. The molecule has 0 fully saturated rings. The predicted octanol–water partition coefficient (Wildman–Crippen LogP) is 3.90. The number of nitrogens with zero attached hydrogens (tertiary/aromatic N) is 2. The predicted molar refractivity (Wildman–Crippen MR) is 104 cm³/mol. The Bertz CT molecular complexity index is 896. The molecule has 0 aliphatic rings. The van der Waals surface area contributed by atoms with E-state index in [0.717, 1.165) is 11.1 Å². The summed E-state index contributed by atoms with van der Waals surface area (Å²) in [6, 6.07) is 15.8. The number of amides is 1. The molecule has 1 amide bonds. The molecule has 3 atom stereocenters. The first-order valence-corrected chi connectivity index (χ1v) is 9.04. The molecule has 0 saturated carbocycles. The Kier molecular flexibility index (Phi) is 5.88. The molecule has 0 saturated heterocycles. The van der Waals surface area contributed by atoms with E-state index >= 15 is 0 Å². The van der Waals surface area contributed by atoms with Gasteiger partial charge in [0, 0.05) is 16.6 Å². The maximum absolute atomic E-state index is 12.6. The van der Waals surface area contributed by atoms with Gasteiger partial charge in [-0.1, -0.05) is 54.0 Å². The minimum Gasteiger partial charge on any atom is -0.346 e. The number of nitrogens with two attached hydrogens (primary N) is 1. The number of benzene rings is 2. The van der Waals surface area contributed by atoms with Crippen LogP contribution in [0.2, 0.25) is 5.02 Å². The zero-order valence-electron chi connectivity index (χ0n) is 15.1. The Morgan fingerprint density at radius 1 is 1.11 bits per heavy atom. The van der Waals surface area contributed by atoms with Crippen molar-refractivity contribution in [2.75, 3.05) is 0 Å². The van der Waals surface area contributed by atoms with E-state index in [1.165, 1.54) is 0 Å². The van der Waals surface area contributed by atoms with Crippen LogP contribution in [0.25, 0.3) is 11.5 Å². The second-order valence-corrected chi connectivity index (χ2v) is 6.86. The van der Waals surface area contributed by atoms with E-state index in [-0.39, 0.29) is 5.91 Å². The normalized spacial score (nSPS) is 14.4. The van der Waals surface area contributed by atoms with Crippen molar-refractivity contribution in [3.05, 3.63) is 71.0 Å². The van der Waals surface area contributed by atoms with Crippen LogP contribution in [0.4, 0.5) is 0 Å². The van der Waals surface area contributed by atoms with Crippen LogP contribution in [-0.2, 0) is 4.79 Å². The van der Waals surface area contributed by atoms with Crippen molar-refractivity contribution < 1.29 is 9.32 Å². The molecule has 1 heterocycles. The van der Waals surface area contributed by atoms with Gasteiger partial charge in [0.15, 0.2) is 5.82 Å². The number of halogens is 1. The van der Waals surface area contributed by atoms with Crippen LogP contribution < -0.4 is 11.1 Å². The van der Waals surface area contributed by atoms with E-state index < -0.39 is 18.0 Å². The molecule has 2 aromatic carbocycles. The van der Waals surface area contributed by atoms with Crippen LogP contribution in [0.1, 0.15) is 37.3 Å². The van der Waals surface area contributed by atoms with Crippen molar-refractivity contribution in [2.45, 2.75) is 25.9 Å². The molecule has 3 rings (SSSR count). The average molecular weight is 385 g/mol. The molecule has 0 spiro atoms. The van der Waals surface area contributed by atoms with Gasteiger partial charge < -0.3 is 15.6 Å². The fraction of sp³-hybridized carbons (Fsp3) is 0.250. The average Bonchev–Trinajstić information content (AvgIpc) is 3.18. The SMILES string of the molecule is CC(NC(=O)C(C)C(N)c1ccccc1)c1noc(-c2ccc(Cl)cc2)n1. The standard InChI is InChI=1S/C20H21ClN4O2/c1-12(17(22)14-6-4-3-5-7-14)19(26)23-13(2)18-24-20(27-25-18)15-8-10-16(21)11-9-15/h3-13,17H,22H2,1-2H3,(H,23,26). The first-order chi connectivity index (χ1) is 13.0. The molecule has 7 heteroatoms. The van der Waals surface area contributed by atoms with E-state index in [0.29, 0.717) is 16.7 Å². The lowest BCUT2D eigenvalue weighted by atomic mass is 9.94. The number of carbonyl (C=O) groups is 1. The summed E-state index contributed by atoms with van der Waals surface area (Å²) in [4.78, 5) is 16.9. The monoisotopic (exact) mass is 384 g/mol. The molecule has 1 aromatic heterocycles. The van der Waals surface area contributed by atoms with Crippen LogP contribution in [-0.4, -0.2) is 16.0 Å². The zero-order valence-corrected chi connectivity index (χ0v) is 15.9. The quantitative estimate of drug-likeness (QED) is 0.672. The molecule has 3 unspecified atom stereocenters. The summed E-state index contributed by atoms with van der Waals surface area (Å²) in [5.74, 6) is 0.194. The van der Waals surface area contributed by atoms with Gasteiger partial charge >= 0.3 is 0 Å². The smallest absolute Gasteiger partial charge is 0.257 e. The number of rotatable bonds is 6. The summed E-state index contributed by atoms with van der Waals surface area (Å²) >= 11 is 5.89. The third-order valence-electron chi connectivity index (χ3n) is 4.42. The molecule has 3 N–H and O–H groups in total. The highest BCUT2D eigenvalue weighted by Gasteiger charge is 2.25. The van der Waals surface area contributed by atoms with E-state index in [1.54, 1.807) is 38.1 Å². The number of hydrogen-bond acceptors (Lipinski definition) is 5. The topological polar surface area (TPSA) is 94.0 Å². The molecule has 0 bridgehead atoms. The molecule has 6 nitrogen and oxygen atoms in total. The summed E-state index contributed by atoms with van der Waals surface area (Å²) in [5.41, 5.74) is 7.90. The summed E-state index contributed by atoms with van der Waals surface area (Å²) in [5, 5.41) is 7.49. The van der Waals surface area contributed by atoms with Crippen molar-refractivity contribution >= 4 is 17.5 Å². The Labute approximate surface area is 162 Å². The van der Waals surface area contributed by atoms with E-state index in [1.807, 2.05) is 30.3 Å². The third kappa shape index (κ3) is 4.53. The van der Waals surface area contributed by atoms with Gasteiger partial charge in [0.25, 0.3) is 5.89 Å². The second-order valence-electron chi connectivity index (χ2n) is 6.42. The van der Waals surface area contributed by atoms with Crippen LogP contribution in [0.5, 0.6) is 0 Å². The van der Waals surface area contributed by atoms with Gasteiger partial charge in [-0.05, 0) is 36.8 Å². The number of hydrogen-bond donors (Lipinski definition) is 2. The van der Waals surface area contributed by atoms with Crippen LogP contribution >= 0.6 is 11.6 Å². The molecular weight excluding hydrogens is 364 g/mol. The highest BCUT2D eigenvalue weighted by molar-refractivity contribution is 6.30. The summed E-state index contributed by atoms with van der Waals surface area (Å²) in [6.07, 6.45) is 0. The molecule has 0 aliphatic carbocycles. The summed E-state index contributed by atoms with van der Waals surface area (Å²) < 4.78 is 5.29. The zero-order chi connectivity index (χ0) is 19.4.